The quantitative estimate of drug-likeness (QED) is 0.642. The first-order chi connectivity index (χ1) is 6.21. The van der Waals surface area contributed by atoms with Crippen LogP contribution < -0.4 is 5.32 Å². The van der Waals surface area contributed by atoms with E-state index in [1.54, 1.807) is 0 Å². The van der Waals surface area contributed by atoms with Crippen LogP contribution in [0, 0.1) is 5.41 Å². The first-order valence-corrected chi connectivity index (χ1v) is 4.05. The lowest BCUT2D eigenvalue weighted by Gasteiger charge is -2.40. The molecule has 0 radical (unpaired) electrons. The number of rotatable bonds is 0. The van der Waals surface area contributed by atoms with Crippen LogP contribution in [0.15, 0.2) is 0 Å². The molecule has 0 aromatic heterocycles. The molecule has 1 saturated heterocycles. The summed E-state index contributed by atoms with van der Waals surface area (Å²) in [6.45, 7) is -0.502. The molecule has 0 atom stereocenters. The van der Waals surface area contributed by atoms with Gasteiger partial charge in [0.1, 0.15) is 0 Å². The third-order valence-electron chi connectivity index (χ3n) is 2.54. The van der Waals surface area contributed by atoms with Crippen LogP contribution >= 0.6 is 0 Å². The molecule has 0 aromatic carbocycles. The minimum absolute atomic E-state index is 0. The van der Waals surface area contributed by atoms with Crippen molar-refractivity contribution in [1.82, 2.24) is 5.32 Å². The van der Waals surface area contributed by atoms with Crippen molar-refractivity contribution >= 4 is 0 Å². The summed E-state index contributed by atoms with van der Waals surface area (Å²) in [4.78, 5) is 0. The standard InChI is InChI=1S/C7H9F6N.H2O/c8-6(9,10)5(7(11,12)13)1-3-14-4-2-5;/h14H,1-4H2;1H2. The van der Waals surface area contributed by atoms with Crippen LogP contribution in [0.4, 0.5) is 26.3 Å². The molecule has 0 unspecified atom stereocenters. The van der Waals surface area contributed by atoms with Gasteiger partial charge in [-0.05, 0) is 25.9 Å². The minimum atomic E-state index is -5.21. The fraction of sp³-hybridized carbons (Fsp3) is 1.00. The van der Waals surface area contributed by atoms with Gasteiger partial charge in [-0.15, -0.1) is 0 Å². The first-order valence-electron chi connectivity index (χ1n) is 4.05. The molecular weight excluding hydrogens is 228 g/mol. The Morgan fingerprint density at radius 1 is 0.800 bits per heavy atom. The third kappa shape index (κ3) is 2.36. The van der Waals surface area contributed by atoms with E-state index in [0.717, 1.165) is 0 Å². The highest BCUT2D eigenvalue weighted by Crippen LogP contribution is 2.55. The number of hydrogen-bond donors (Lipinski definition) is 1. The Morgan fingerprint density at radius 2 is 1.13 bits per heavy atom. The zero-order valence-electron chi connectivity index (χ0n) is 7.60. The predicted octanol–water partition coefficient (Wildman–Crippen LogP) is 1.66. The molecule has 3 N–H and O–H groups in total. The third-order valence-corrected chi connectivity index (χ3v) is 2.54. The van der Waals surface area contributed by atoms with Crippen molar-refractivity contribution in [2.45, 2.75) is 25.2 Å². The molecule has 0 saturated carbocycles. The molecule has 1 heterocycles. The van der Waals surface area contributed by atoms with Crippen LogP contribution in [-0.4, -0.2) is 30.9 Å². The monoisotopic (exact) mass is 239 g/mol. The van der Waals surface area contributed by atoms with Crippen molar-refractivity contribution in [2.75, 3.05) is 13.1 Å². The summed E-state index contributed by atoms with van der Waals surface area (Å²) in [7, 11) is 0. The van der Waals surface area contributed by atoms with Gasteiger partial charge >= 0.3 is 12.4 Å². The van der Waals surface area contributed by atoms with E-state index in [-0.39, 0.29) is 18.6 Å². The number of halogens is 6. The van der Waals surface area contributed by atoms with E-state index in [4.69, 9.17) is 0 Å². The zero-order chi connectivity index (χ0) is 11.0. The van der Waals surface area contributed by atoms with E-state index in [0.29, 0.717) is 0 Å². The summed E-state index contributed by atoms with van der Waals surface area (Å²) in [5.41, 5.74) is -3.51. The number of piperidine rings is 1. The lowest BCUT2D eigenvalue weighted by Crippen LogP contribution is -2.55. The predicted molar refractivity (Wildman–Crippen MR) is 40.3 cm³/mol. The maximum absolute atomic E-state index is 12.3. The summed E-state index contributed by atoms with van der Waals surface area (Å²) in [6, 6.07) is 0. The van der Waals surface area contributed by atoms with Gasteiger partial charge in [-0.1, -0.05) is 0 Å². The van der Waals surface area contributed by atoms with Gasteiger partial charge in [-0.2, -0.15) is 26.3 Å². The normalized spacial score (nSPS) is 22.0. The van der Waals surface area contributed by atoms with Crippen LogP contribution in [0.25, 0.3) is 0 Å². The summed E-state index contributed by atoms with van der Waals surface area (Å²) in [5.74, 6) is 0. The van der Waals surface area contributed by atoms with Gasteiger partial charge in [-0.3, -0.25) is 0 Å². The second kappa shape index (κ2) is 4.17. The van der Waals surface area contributed by atoms with Gasteiger partial charge in [0.2, 0.25) is 0 Å². The maximum Gasteiger partial charge on any atom is 0.403 e. The van der Waals surface area contributed by atoms with Crippen molar-refractivity contribution in [3.05, 3.63) is 0 Å². The molecule has 1 fully saturated rings. The van der Waals surface area contributed by atoms with E-state index in [9.17, 15) is 26.3 Å². The molecule has 2 nitrogen and oxygen atoms in total. The molecule has 0 aromatic rings. The molecule has 1 aliphatic rings. The Labute approximate surface area is 81.9 Å². The molecule has 92 valence electrons. The van der Waals surface area contributed by atoms with Crippen LogP contribution in [0.5, 0.6) is 0 Å². The Balaban J connectivity index is 0.00000196. The second-order valence-electron chi connectivity index (χ2n) is 3.33. The fourth-order valence-electron chi connectivity index (χ4n) is 1.58. The number of alkyl halides is 6. The Bertz CT molecular complexity index is 189. The Kier molecular flexibility index (Phi) is 4.03. The molecule has 0 amide bonds. The average Bonchev–Trinajstić information content (AvgIpc) is 2.02. The van der Waals surface area contributed by atoms with Gasteiger partial charge in [0.25, 0.3) is 0 Å². The highest BCUT2D eigenvalue weighted by atomic mass is 19.4. The van der Waals surface area contributed by atoms with Gasteiger partial charge in [0, 0.05) is 0 Å². The summed E-state index contributed by atoms with van der Waals surface area (Å²) < 4.78 is 74.1. The second-order valence-corrected chi connectivity index (χ2v) is 3.33. The summed E-state index contributed by atoms with van der Waals surface area (Å²) >= 11 is 0. The number of nitrogens with one attached hydrogen (secondary N) is 1. The average molecular weight is 239 g/mol. The van der Waals surface area contributed by atoms with Crippen molar-refractivity contribution in [2.24, 2.45) is 5.41 Å². The van der Waals surface area contributed by atoms with Crippen LogP contribution in [0.1, 0.15) is 12.8 Å². The zero-order valence-corrected chi connectivity index (χ0v) is 7.60. The lowest BCUT2D eigenvalue weighted by atomic mass is 9.77. The summed E-state index contributed by atoms with van der Waals surface area (Å²) in [5, 5.41) is 2.48. The highest BCUT2D eigenvalue weighted by molar-refractivity contribution is 4.96. The van der Waals surface area contributed by atoms with E-state index in [1.807, 2.05) is 0 Å². The topological polar surface area (TPSA) is 43.5 Å². The SMILES string of the molecule is FC(F)(F)C1(C(F)(F)F)CCNCC1.O. The molecule has 8 heteroatoms. The largest absolute Gasteiger partial charge is 0.412 e. The molecular formula is C7H11F6NO. The Hall–Kier alpha value is -0.500. The van der Waals surface area contributed by atoms with E-state index in [2.05, 4.69) is 5.32 Å². The molecule has 0 bridgehead atoms. The van der Waals surface area contributed by atoms with Crippen LogP contribution in [0.3, 0.4) is 0 Å². The lowest BCUT2D eigenvalue weighted by molar-refractivity contribution is -0.347. The molecule has 1 aliphatic heterocycles. The van der Waals surface area contributed by atoms with Crippen molar-refractivity contribution < 1.29 is 31.8 Å². The van der Waals surface area contributed by atoms with Crippen molar-refractivity contribution in [1.29, 1.82) is 0 Å². The highest BCUT2D eigenvalue weighted by Gasteiger charge is 2.69. The van der Waals surface area contributed by atoms with Gasteiger partial charge in [-0.25, -0.2) is 0 Å². The van der Waals surface area contributed by atoms with Gasteiger partial charge in [0.05, 0.1) is 0 Å². The van der Waals surface area contributed by atoms with Crippen LogP contribution in [0.2, 0.25) is 0 Å². The summed E-state index contributed by atoms with van der Waals surface area (Å²) in [6.07, 6.45) is -12.3. The fourth-order valence-corrected chi connectivity index (χ4v) is 1.58. The molecule has 0 spiro atoms. The molecule has 1 rings (SSSR count). The Morgan fingerprint density at radius 3 is 1.33 bits per heavy atom. The van der Waals surface area contributed by atoms with Crippen molar-refractivity contribution in [3.8, 4) is 0 Å². The molecule has 0 aliphatic carbocycles. The van der Waals surface area contributed by atoms with Crippen molar-refractivity contribution in [3.63, 3.8) is 0 Å². The van der Waals surface area contributed by atoms with E-state index >= 15 is 0 Å². The van der Waals surface area contributed by atoms with E-state index < -0.39 is 30.6 Å². The smallest absolute Gasteiger partial charge is 0.403 e. The molecule has 15 heavy (non-hydrogen) atoms. The van der Waals surface area contributed by atoms with Gasteiger partial charge < -0.3 is 10.8 Å². The first kappa shape index (κ1) is 14.5. The van der Waals surface area contributed by atoms with Gasteiger partial charge in [0.15, 0.2) is 5.41 Å². The maximum atomic E-state index is 12.3. The van der Waals surface area contributed by atoms with E-state index in [1.165, 1.54) is 0 Å². The minimum Gasteiger partial charge on any atom is -0.412 e. The van der Waals surface area contributed by atoms with Crippen LogP contribution in [-0.2, 0) is 0 Å². The number of hydrogen-bond acceptors (Lipinski definition) is 1.